The number of aromatic nitrogens is 2. The van der Waals surface area contributed by atoms with E-state index in [9.17, 15) is 8.42 Å². The maximum absolute atomic E-state index is 11.7. The molecule has 0 saturated carbocycles. The first kappa shape index (κ1) is 17.1. The highest BCUT2D eigenvalue weighted by atomic mass is 32.2. The van der Waals surface area contributed by atoms with E-state index in [4.69, 9.17) is 0 Å². The fourth-order valence-corrected chi connectivity index (χ4v) is 3.37. The summed E-state index contributed by atoms with van der Waals surface area (Å²) < 4.78 is 23.3. The zero-order chi connectivity index (χ0) is 18.0. The van der Waals surface area contributed by atoms with E-state index in [2.05, 4.69) is 15.3 Å². The second kappa shape index (κ2) is 6.64. The number of hydrogen-bond donors (Lipinski definition) is 1. The van der Waals surface area contributed by atoms with Gasteiger partial charge >= 0.3 is 0 Å². The third kappa shape index (κ3) is 3.53. The second-order valence-electron chi connectivity index (χ2n) is 5.80. The Morgan fingerprint density at radius 1 is 0.920 bits per heavy atom. The monoisotopic (exact) mass is 353 g/mol. The summed E-state index contributed by atoms with van der Waals surface area (Å²) in [5, 5.41) is 3.00. The highest BCUT2D eigenvalue weighted by Gasteiger charge is 2.13. The van der Waals surface area contributed by atoms with Crippen LogP contribution in [0.2, 0.25) is 0 Å². The van der Waals surface area contributed by atoms with Gasteiger partial charge < -0.3 is 5.32 Å². The molecule has 2 heterocycles. The molecule has 0 saturated heterocycles. The predicted molar refractivity (Wildman–Crippen MR) is 100 cm³/mol. The van der Waals surface area contributed by atoms with Gasteiger partial charge in [-0.1, -0.05) is 12.1 Å². The number of nitrogens with zero attached hydrogens (tertiary/aromatic N) is 2. The quantitative estimate of drug-likeness (QED) is 0.776. The van der Waals surface area contributed by atoms with Crippen molar-refractivity contribution in [2.75, 3.05) is 18.6 Å². The third-order valence-corrected chi connectivity index (χ3v) is 5.17. The van der Waals surface area contributed by atoms with Crippen molar-refractivity contribution < 1.29 is 8.42 Å². The van der Waals surface area contributed by atoms with Gasteiger partial charge in [0.1, 0.15) is 5.82 Å². The van der Waals surface area contributed by atoms with Crippen LogP contribution in [-0.2, 0) is 9.84 Å². The van der Waals surface area contributed by atoms with E-state index < -0.39 is 9.84 Å². The minimum absolute atomic E-state index is 0.309. The van der Waals surface area contributed by atoms with Crippen LogP contribution in [0.15, 0.2) is 59.8 Å². The van der Waals surface area contributed by atoms with Crippen LogP contribution in [0.4, 0.5) is 5.82 Å². The molecule has 1 N–H and O–H groups in total. The first-order valence-corrected chi connectivity index (χ1v) is 9.69. The Morgan fingerprint density at radius 2 is 1.60 bits per heavy atom. The smallest absolute Gasteiger partial charge is 0.175 e. The lowest BCUT2D eigenvalue weighted by Gasteiger charge is -2.13. The SMILES string of the molecule is CNc1ccc(-c2c(-c3ccc(S(C)(=O)=O)cc3)ccnc2C)cn1. The van der Waals surface area contributed by atoms with Gasteiger partial charge in [0, 0.05) is 42.5 Å². The van der Waals surface area contributed by atoms with Gasteiger partial charge in [-0.25, -0.2) is 13.4 Å². The van der Waals surface area contributed by atoms with Gasteiger partial charge in [0.05, 0.1) is 4.90 Å². The molecule has 0 atom stereocenters. The zero-order valence-electron chi connectivity index (χ0n) is 14.3. The molecule has 1 aromatic carbocycles. The molecule has 3 aromatic rings. The Labute approximate surface area is 147 Å². The minimum atomic E-state index is -3.21. The summed E-state index contributed by atoms with van der Waals surface area (Å²) in [5.41, 5.74) is 4.78. The lowest BCUT2D eigenvalue weighted by Crippen LogP contribution is -1.97. The first-order valence-electron chi connectivity index (χ1n) is 7.80. The van der Waals surface area contributed by atoms with Gasteiger partial charge in [0.25, 0.3) is 0 Å². The van der Waals surface area contributed by atoms with E-state index in [0.29, 0.717) is 4.90 Å². The molecule has 5 nitrogen and oxygen atoms in total. The van der Waals surface area contributed by atoms with Crippen LogP contribution in [0.25, 0.3) is 22.3 Å². The van der Waals surface area contributed by atoms with Crippen LogP contribution in [0, 0.1) is 6.92 Å². The lowest BCUT2D eigenvalue weighted by atomic mass is 9.95. The van der Waals surface area contributed by atoms with Crippen LogP contribution in [0.3, 0.4) is 0 Å². The van der Waals surface area contributed by atoms with Gasteiger partial charge in [-0.15, -0.1) is 0 Å². The van der Waals surface area contributed by atoms with Gasteiger partial charge in [-0.05, 0) is 48.4 Å². The van der Waals surface area contributed by atoms with E-state index in [-0.39, 0.29) is 0 Å². The number of anilines is 1. The molecule has 3 rings (SSSR count). The van der Waals surface area contributed by atoms with Crippen LogP contribution < -0.4 is 5.32 Å². The first-order chi connectivity index (χ1) is 11.9. The van der Waals surface area contributed by atoms with E-state index in [1.807, 2.05) is 50.5 Å². The highest BCUT2D eigenvalue weighted by molar-refractivity contribution is 7.90. The second-order valence-corrected chi connectivity index (χ2v) is 7.81. The molecule has 0 bridgehead atoms. The van der Waals surface area contributed by atoms with Crippen molar-refractivity contribution in [2.45, 2.75) is 11.8 Å². The number of sulfone groups is 1. The molecule has 0 spiro atoms. The predicted octanol–water partition coefficient (Wildman–Crippen LogP) is 3.56. The van der Waals surface area contributed by atoms with Crippen LogP contribution in [0.1, 0.15) is 5.69 Å². The van der Waals surface area contributed by atoms with E-state index in [1.54, 1.807) is 18.3 Å². The average molecular weight is 353 g/mol. The van der Waals surface area contributed by atoms with Crippen molar-refractivity contribution >= 4 is 15.7 Å². The molecule has 0 aliphatic heterocycles. The van der Waals surface area contributed by atoms with Crippen molar-refractivity contribution in [1.82, 2.24) is 9.97 Å². The number of benzene rings is 1. The number of aryl methyl sites for hydroxylation is 1. The van der Waals surface area contributed by atoms with Gasteiger partial charge in [-0.3, -0.25) is 4.98 Å². The largest absolute Gasteiger partial charge is 0.373 e. The van der Waals surface area contributed by atoms with E-state index in [1.165, 1.54) is 6.26 Å². The Balaban J connectivity index is 2.12. The van der Waals surface area contributed by atoms with E-state index in [0.717, 1.165) is 33.8 Å². The van der Waals surface area contributed by atoms with Crippen LogP contribution >= 0.6 is 0 Å². The molecule has 0 aliphatic carbocycles. The van der Waals surface area contributed by atoms with Gasteiger partial charge in [0.15, 0.2) is 9.84 Å². The summed E-state index contributed by atoms with van der Waals surface area (Å²) in [6.07, 6.45) is 4.78. The molecule has 0 fully saturated rings. The number of rotatable bonds is 4. The molecule has 0 unspecified atom stereocenters. The van der Waals surface area contributed by atoms with E-state index >= 15 is 0 Å². The fraction of sp³-hybridized carbons (Fsp3) is 0.158. The van der Waals surface area contributed by atoms with Crippen LogP contribution in [-0.4, -0.2) is 31.7 Å². The Hall–Kier alpha value is -2.73. The third-order valence-electron chi connectivity index (χ3n) is 4.04. The summed E-state index contributed by atoms with van der Waals surface area (Å²) >= 11 is 0. The topological polar surface area (TPSA) is 72.0 Å². The minimum Gasteiger partial charge on any atom is -0.373 e. The van der Waals surface area contributed by atoms with Crippen molar-refractivity contribution in [2.24, 2.45) is 0 Å². The maximum Gasteiger partial charge on any atom is 0.175 e. The van der Waals surface area contributed by atoms with Crippen molar-refractivity contribution in [3.05, 3.63) is 60.6 Å². The van der Waals surface area contributed by atoms with Crippen LogP contribution in [0.5, 0.6) is 0 Å². The molecule has 0 amide bonds. The average Bonchev–Trinajstić information content (AvgIpc) is 2.61. The molecule has 25 heavy (non-hydrogen) atoms. The number of pyridine rings is 2. The lowest BCUT2D eigenvalue weighted by molar-refractivity contribution is 0.602. The van der Waals surface area contributed by atoms with Crippen molar-refractivity contribution in [3.8, 4) is 22.3 Å². The maximum atomic E-state index is 11.7. The molecule has 6 heteroatoms. The summed E-state index contributed by atoms with van der Waals surface area (Å²) in [4.78, 5) is 9.09. The van der Waals surface area contributed by atoms with Gasteiger partial charge in [-0.2, -0.15) is 0 Å². The normalized spacial score (nSPS) is 11.3. The Bertz CT molecular complexity index is 996. The van der Waals surface area contributed by atoms with Gasteiger partial charge in [0.2, 0.25) is 0 Å². The highest BCUT2D eigenvalue weighted by Crippen LogP contribution is 2.34. The Morgan fingerprint density at radius 3 is 2.16 bits per heavy atom. The number of hydrogen-bond acceptors (Lipinski definition) is 5. The Kier molecular flexibility index (Phi) is 4.55. The summed E-state index contributed by atoms with van der Waals surface area (Å²) in [6.45, 7) is 1.95. The molecule has 128 valence electrons. The molecule has 0 aliphatic rings. The van der Waals surface area contributed by atoms with Crippen molar-refractivity contribution in [1.29, 1.82) is 0 Å². The molecule has 0 radical (unpaired) electrons. The molecular formula is C19H19N3O2S. The fourth-order valence-electron chi connectivity index (χ4n) is 2.74. The number of nitrogens with one attached hydrogen (secondary N) is 1. The standard InChI is InChI=1S/C19H19N3O2S/c1-13-19(15-6-9-18(20-2)22-12-15)17(10-11-21-13)14-4-7-16(8-5-14)25(3,23)24/h4-12H,1-3H3,(H,20,22). The molecular weight excluding hydrogens is 334 g/mol. The summed E-state index contributed by atoms with van der Waals surface area (Å²) in [5.74, 6) is 0.796. The molecule has 2 aromatic heterocycles. The zero-order valence-corrected chi connectivity index (χ0v) is 15.1. The van der Waals surface area contributed by atoms with Crippen molar-refractivity contribution in [3.63, 3.8) is 0 Å². The summed E-state index contributed by atoms with van der Waals surface area (Å²) in [6, 6.07) is 12.8. The summed E-state index contributed by atoms with van der Waals surface area (Å²) in [7, 11) is -1.38.